The largest absolute Gasteiger partial charge is 0.347 e. The minimum Gasteiger partial charge on any atom is -0.347 e. The Morgan fingerprint density at radius 3 is 2.38 bits per heavy atom. The van der Waals surface area contributed by atoms with Gasteiger partial charge in [0, 0.05) is 5.56 Å². The Labute approximate surface area is 171 Å². The minimum absolute atomic E-state index is 0.0170. The number of fused-ring (bicyclic) bond motifs is 1. The van der Waals surface area contributed by atoms with Crippen molar-refractivity contribution in [2.24, 2.45) is 5.92 Å². The molecule has 6 nitrogen and oxygen atoms in total. The summed E-state index contributed by atoms with van der Waals surface area (Å²) in [7, 11) is -3.33. The van der Waals surface area contributed by atoms with Crippen molar-refractivity contribution in [2.45, 2.75) is 44.2 Å². The first kappa shape index (κ1) is 21.0. The molecule has 0 radical (unpaired) electrons. The molecule has 2 N–H and O–H groups in total. The summed E-state index contributed by atoms with van der Waals surface area (Å²) in [6, 6.07) is 12.8. The van der Waals surface area contributed by atoms with Crippen LogP contribution >= 0.6 is 0 Å². The van der Waals surface area contributed by atoms with Gasteiger partial charge in [-0.3, -0.25) is 9.59 Å². The second kappa shape index (κ2) is 8.37. The molecule has 0 saturated carbocycles. The van der Waals surface area contributed by atoms with Gasteiger partial charge >= 0.3 is 0 Å². The molecule has 7 heteroatoms. The summed E-state index contributed by atoms with van der Waals surface area (Å²) >= 11 is 0. The highest BCUT2D eigenvalue weighted by molar-refractivity contribution is 7.91. The molecular formula is C22H26N2O4S. The Balaban J connectivity index is 1.79. The molecule has 1 aliphatic heterocycles. The van der Waals surface area contributed by atoms with Crippen LogP contribution in [0.15, 0.2) is 53.4 Å². The average Bonchev–Trinajstić information content (AvgIpc) is 2.68. The predicted octanol–water partition coefficient (Wildman–Crippen LogP) is 2.78. The number of hydrogen-bond donors (Lipinski definition) is 2. The molecule has 0 fully saturated rings. The van der Waals surface area contributed by atoms with Crippen LogP contribution in [0.2, 0.25) is 0 Å². The molecule has 0 unspecified atom stereocenters. The number of carbonyl (C=O) groups excluding carboxylic acids is 2. The first-order valence-electron chi connectivity index (χ1n) is 9.69. The molecule has 0 spiro atoms. The first-order valence-corrected chi connectivity index (χ1v) is 11.3. The maximum absolute atomic E-state index is 13.0. The highest BCUT2D eigenvalue weighted by Crippen LogP contribution is 2.32. The fourth-order valence-corrected chi connectivity index (χ4v) is 5.20. The second-order valence-corrected chi connectivity index (χ2v) is 9.79. The van der Waals surface area contributed by atoms with E-state index < -0.39 is 21.9 Å². The zero-order valence-electron chi connectivity index (χ0n) is 16.8. The van der Waals surface area contributed by atoms with Crippen molar-refractivity contribution in [3.8, 4) is 0 Å². The van der Waals surface area contributed by atoms with E-state index in [4.69, 9.17) is 0 Å². The highest BCUT2D eigenvalue weighted by Gasteiger charge is 2.33. The van der Waals surface area contributed by atoms with Gasteiger partial charge in [0.1, 0.15) is 6.04 Å². The van der Waals surface area contributed by atoms with Crippen molar-refractivity contribution in [2.75, 3.05) is 5.75 Å². The maximum Gasteiger partial charge on any atom is 0.252 e. The zero-order valence-corrected chi connectivity index (χ0v) is 17.6. The lowest BCUT2D eigenvalue weighted by Crippen LogP contribution is -2.51. The zero-order chi connectivity index (χ0) is 21.2. The van der Waals surface area contributed by atoms with Crippen molar-refractivity contribution in [1.29, 1.82) is 0 Å². The first-order chi connectivity index (χ1) is 13.7. The third kappa shape index (κ3) is 4.50. The number of hydrogen-bond acceptors (Lipinski definition) is 4. The van der Waals surface area contributed by atoms with E-state index in [1.807, 2.05) is 32.9 Å². The normalized spacial score (nSPS) is 18.6. The van der Waals surface area contributed by atoms with Gasteiger partial charge < -0.3 is 10.6 Å². The molecule has 29 heavy (non-hydrogen) atoms. The number of amides is 2. The fraction of sp³-hybridized carbons (Fsp3) is 0.364. The number of carbonyl (C=O) groups is 2. The summed E-state index contributed by atoms with van der Waals surface area (Å²) in [5.41, 5.74) is 1.96. The Morgan fingerprint density at radius 1 is 1.03 bits per heavy atom. The van der Waals surface area contributed by atoms with Gasteiger partial charge in [-0.2, -0.15) is 0 Å². The number of rotatable bonds is 5. The van der Waals surface area contributed by atoms with Crippen LogP contribution in [0, 0.1) is 12.8 Å². The van der Waals surface area contributed by atoms with Crippen molar-refractivity contribution < 1.29 is 18.0 Å². The number of benzene rings is 2. The monoisotopic (exact) mass is 414 g/mol. The van der Waals surface area contributed by atoms with Gasteiger partial charge in [-0.25, -0.2) is 8.42 Å². The van der Waals surface area contributed by atoms with Gasteiger partial charge in [0.05, 0.1) is 16.7 Å². The van der Waals surface area contributed by atoms with E-state index in [0.29, 0.717) is 17.5 Å². The molecule has 1 heterocycles. The number of nitrogens with one attached hydrogen (secondary N) is 2. The summed E-state index contributed by atoms with van der Waals surface area (Å²) in [6.45, 7) is 5.57. The maximum atomic E-state index is 13.0. The van der Waals surface area contributed by atoms with Crippen molar-refractivity contribution in [3.05, 3.63) is 65.2 Å². The third-order valence-corrected chi connectivity index (χ3v) is 7.06. The highest BCUT2D eigenvalue weighted by atomic mass is 32.2. The average molecular weight is 415 g/mol. The Bertz CT molecular complexity index is 1030. The Hall–Kier alpha value is -2.67. The van der Waals surface area contributed by atoms with E-state index in [0.717, 1.165) is 5.56 Å². The van der Waals surface area contributed by atoms with E-state index in [2.05, 4.69) is 10.6 Å². The molecular weight excluding hydrogens is 388 g/mol. The molecule has 2 atom stereocenters. The predicted molar refractivity (Wildman–Crippen MR) is 111 cm³/mol. The number of aryl methyl sites for hydroxylation is 1. The molecule has 0 saturated heterocycles. The van der Waals surface area contributed by atoms with Gasteiger partial charge in [-0.1, -0.05) is 50.2 Å². The smallest absolute Gasteiger partial charge is 0.252 e. The molecule has 0 aliphatic carbocycles. The van der Waals surface area contributed by atoms with Crippen LogP contribution in [0.25, 0.3) is 0 Å². The minimum atomic E-state index is -3.33. The van der Waals surface area contributed by atoms with E-state index in [1.54, 1.807) is 36.4 Å². The van der Waals surface area contributed by atoms with Crippen LogP contribution in [0.3, 0.4) is 0 Å². The molecule has 0 bridgehead atoms. The van der Waals surface area contributed by atoms with Gasteiger partial charge in [-0.05, 0) is 42.5 Å². The van der Waals surface area contributed by atoms with Crippen molar-refractivity contribution in [1.82, 2.24) is 10.6 Å². The Morgan fingerprint density at radius 2 is 1.69 bits per heavy atom. The van der Waals surface area contributed by atoms with Gasteiger partial charge in [0.2, 0.25) is 5.91 Å². The third-order valence-electron chi connectivity index (χ3n) is 5.25. The van der Waals surface area contributed by atoms with Gasteiger partial charge in [0.25, 0.3) is 5.91 Å². The summed E-state index contributed by atoms with van der Waals surface area (Å²) in [5.74, 6) is -0.771. The van der Waals surface area contributed by atoms with Crippen LogP contribution in [0.5, 0.6) is 0 Å². The second-order valence-electron chi connectivity index (χ2n) is 7.72. The lowest BCUT2D eigenvalue weighted by molar-refractivity contribution is -0.124. The molecule has 154 valence electrons. The van der Waals surface area contributed by atoms with E-state index >= 15 is 0 Å². The summed E-state index contributed by atoms with van der Waals surface area (Å²) < 4.78 is 24.6. The van der Waals surface area contributed by atoms with Crippen molar-refractivity contribution >= 4 is 21.7 Å². The van der Waals surface area contributed by atoms with Crippen molar-refractivity contribution in [3.63, 3.8) is 0 Å². The standard InChI is InChI=1S/C22H26N2O4S/c1-14(2)20(24-21(25)16-9-5-4-8-15(16)3)22(26)23-18-12-13-29(27,28)19-11-7-6-10-17(18)19/h4-11,14,18,20H,12-13H2,1-3H3,(H,23,26)(H,24,25)/t18-,20-/m1/s1. The molecule has 2 amide bonds. The van der Waals surface area contributed by atoms with Crippen LogP contribution in [-0.4, -0.2) is 32.0 Å². The SMILES string of the molecule is Cc1ccccc1C(=O)N[C@@H](C(=O)N[C@@H]1CCS(=O)(=O)c2ccccc21)C(C)C. The molecule has 1 aliphatic rings. The Kier molecular flexibility index (Phi) is 6.07. The lowest BCUT2D eigenvalue weighted by atomic mass is 9.99. The lowest BCUT2D eigenvalue weighted by Gasteiger charge is -2.29. The van der Waals surface area contributed by atoms with Crippen LogP contribution in [-0.2, 0) is 14.6 Å². The van der Waals surface area contributed by atoms with E-state index in [9.17, 15) is 18.0 Å². The van der Waals surface area contributed by atoms with Crippen LogP contribution in [0.1, 0.15) is 47.8 Å². The molecule has 2 aromatic rings. The van der Waals surface area contributed by atoms with Gasteiger partial charge in [-0.15, -0.1) is 0 Å². The van der Waals surface area contributed by atoms with E-state index in [-0.39, 0.29) is 28.4 Å². The topological polar surface area (TPSA) is 92.3 Å². The van der Waals surface area contributed by atoms with E-state index in [1.165, 1.54) is 0 Å². The van der Waals surface area contributed by atoms with Gasteiger partial charge in [0.15, 0.2) is 9.84 Å². The summed E-state index contributed by atoms with van der Waals surface area (Å²) in [4.78, 5) is 26.0. The number of sulfone groups is 1. The molecule has 0 aromatic heterocycles. The quantitative estimate of drug-likeness (QED) is 0.787. The summed E-state index contributed by atoms with van der Waals surface area (Å²) in [6.07, 6.45) is 0.307. The fourth-order valence-electron chi connectivity index (χ4n) is 3.58. The summed E-state index contributed by atoms with van der Waals surface area (Å²) in [5, 5.41) is 5.78. The van der Waals surface area contributed by atoms with Crippen LogP contribution < -0.4 is 10.6 Å². The molecule has 3 rings (SSSR count). The molecule has 2 aromatic carbocycles. The van der Waals surface area contributed by atoms with Crippen LogP contribution in [0.4, 0.5) is 0 Å².